The summed E-state index contributed by atoms with van der Waals surface area (Å²) >= 11 is 0. The molecule has 0 aliphatic heterocycles. The molecule has 0 unspecified atom stereocenters. The van der Waals surface area contributed by atoms with Crippen molar-refractivity contribution in [3.05, 3.63) is 28.3 Å². The van der Waals surface area contributed by atoms with Gasteiger partial charge in [-0.25, -0.2) is 0 Å². The fourth-order valence-corrected chi connectivity index (χ4v) is 2.06. The number of rotatable bonds is 8. The van der Waals surface area contributed by atoms with Crippen LogP contribution in [0.2, 0.25) is 0 Å². The molecular weight excluding hydrogens is 276 g/mol. The Morgan fingerprint density at radius 2 is 2.24 bits per heavy atom. The van der Waals surface area contributed by atoms with Crippen LogP contribution in [0, 0.1) is 15.5 Å². The molecule has 1 aromatic rings. The topological polar surface area (TPSA) is 102 Å². The van der Waals surface area contributed by atoms with Crippen LogP contribution in [-0.4, -0.2) is 29.2 Å². The number of anilines is 1. The van der Waals surface area contributed by atoms with Crippen LogP contribution < -0.4 is 10.1 Å². The van der Waals surface area contributed by atoms with Gasteiger partial charge in [0.15, 0.2) is 5.75 Å². The molecule has 0 saturated heterocycles. The first-order valence-electron chi connectivity index (χ1n) is 6.87. The average Bonchev–Trinajstić information content (AvgIpc) is 3.23. The Bertz CT molecular complexity index is 554. The Kier molecular flexibility index (Phi) is 4.30. The summed E-state index contributed by atoms with van der Waals surface area (Å²) < 4.78 is 5.39. The highest BCUT2D eigenvalue weighted by Gasteiger charge is 2.50. The number of nitro groups is 1. The Morgan fingerprint density at radius 1 is 1.52 bits per heavy atom. The van der Waals surface area contributed by atoms with Gasteiger partial charge in [-0.05, 0) is 31.4 Å². The molecule has 2 N–H and O–H groups in total. The highest BCUT2D eigenvalue weighted by atomic mass is 16.6. The zero-order chi connectivity index (χ0) is 15.5. The third kappa shape index (κ3) is 3.24. The van der Waals surface area contributed by atoms with Gasteiger partial charge in [0.25, 0.3) is 0 Å². The largest absolute Gasteiger partial charge is 0.487 e. The average molecular weight is 294 g/mol. The van der Waals surface area contributed by atoms with Gasteiger partial charge in [-0.15, -0.1) is 0 Å². The first-order chi connectivity index (χ1) is 10.00. The number of nitro benzene ring substituents is 1. The second-order valence-corrected chi connectivity index (χ2v) is 5.20. The zero-order valence-electron chi connectivity index (χ0n) is 11.8. The van der Waals surface area contributed by atoms with Crippen LogP contribution in [0.1, 0.15) is 26.2 Å². The molecule has 114 valence electrons. The standard InChI is InChI=1S/C14H18N2O5/c1-2-8-21-11-5-3-4-10(12(11)16(19)20)15-9-14(6-7-14)13(17)18/h3-5,15H,2,6-9H2,1H3,(H,17,18). The van der Waals surface area contributed by atoms with Crippen molar-refractivity contribution in [3.8, 4) is 5.75 Å². The lowest BCUT2D eigenvalue weighted by Gasteiger charge is -2.14. The Hall–Kier alpha value is -2.31. The molecule has 0 heterocycles. The second-order valence-electron chi connectivity index (χ2n) is 5.20. The van der Waals surface area contributed by atoms with E-state index < -0.39 is 16.3 Å². The predicted molar refractivity (Wildman–Crippen MR) is 76.7 cm³/mol. The molecule has 0 bridgehead atoms. The van der Waals surface area contributed by atoms with E-state index in [1.54, 1.807) is 18.2 Å². The maximum Gasteiger partial charge on any atom is 0.333 e. The van der Waals surface area contributed by atoms with E-state index in [9.17, 15) is 14.9 Å². The second kappa shape index (κ2) is 5.99. The quantitative estimate of drug-likeness (QED) is 0.564. The van der Waals surface area contributed by atoms with Crippen molar-refractivity contribution < 1.29 is 19.6 Å². The number of ether oxygens (including phenoxy) is 1. The van der Waals surface area contributed by atoms with Gasteiger partial charge in [0.1, 0.15) is 5.69 Å². The van der Waals surface area contributed by atoms with Crippen LogP contribution in [0.4, 0.5) is 11.4 Å². The van der Waals surface area contributed by atoms with E-state index in [4.69, 9.17) is 9.84 Å². The van der Waals surface area contributed by atoms with Crippen molar-refractivity contribution in [1.29, 1.82) is 0 Å². The molecule has 0 amide bonds. The van der Waals surface area contributed by atoms with Gasteiger partial charge < -0.3 is 15.2 Å². The minimum Gasteiger partial charge on any atom is -0.487 e. The highest BCUT2D eigenvalue weighted by molar-refractivity contribution is 5.79. The number of para-hydroxylation sites is 1. The molecule has 1 aliphatic rings. The lowest BCUT2D eigenvalue weighted by atomic mass is 10.1. The number of carbonyl (C=O) groups is 1. The van der Waals surface area contributed by atoms with Crippen LogP contribution in [0.5, 0.6) is 5.75 Å². The van der Waals surface area contributed by atoms with Crippen molar-refractivity contribution in [2.45, 2.75) is 26.2 Å². The summed E-state index contributed by atoms with van der Waals surface area (Å²) in [5.74, 6) is -0.664. The van der Waals surface area contributed by atoms with Crippen molar-refractivity contribution in [2.24, 2.45) is 5.41 Å². The molecule has 0 aromatic heterocycles. The lowest BCUT2D eigenvalue weighted by Crippen LogP contribution is -2.24. The molecule has 0 spiro atoms. The van der Waals surface area contributed by atoms with Gasteiger partial charge in [-0.3, -0.25) is 14.9 Å². The molecular formula is C14H18N2O5. The summed E-state index contributed by atoms with van der Waals surface area (Å²) in [6.07, 6.45) is 1.93. The molecule has 21 heavy (non-hydrogen) atoms. The Morgan fingerprint density at radius 3 is 2.76 bits per heavy atom. The van der Waals surface area contributed by atoms with Crippen molar-refractivity contribution in [1.82, 2.24) is 0 Å². The number of nitrogens with one attached hydrogen (secondary N) is 1. The number of benzene rings is 1. The first kappa shape index (κ1) is 15.1. The highest BCUT2D eigenvalue weighted by Crippen LogP contribution is 2.46. The van der Waals surface area contributed by atoms with Gasteiger partial charge in [-0.2, -0.15) is 0 Å². The summed E-state index contributed by atoms with van der Waals surface area (Å²) in [6, 6.07) is 4.76. The van der Waals surface area contributed by atoms with Crippen molar-refractivity contribution in [2.75, 3.05) is 18.5 Å². The van der Waals surface area contributed by atoms with Gasteiger partial charge in [0.2, 0.25) is 0 Å². The normalized spacial score (nSPS) is 15.3. The van der Waals surface area contributed by atoms with Crippen LogP contribution in [-0.2, 0) is 4.79 Å². The summed E-state index contributed by atoms with van der Waals surface area (Å²) in [7, 11) is 0. The maximum absolute atomic E-state index is 11.2. The van der Waals surface area contributed by atoms with E-state index in [-0.39, 0.29) is 18.0 Å². The number of carboxylic acid groups (broad SMARTS) is 1. The summed E-state index contributed by atoms with van der Waals surface area (Å²) in [6.45, 7) is 2.49. The maximum atomic E-state index is 11.2. The smallest absolute Gasteiger partial charge is 0.333 e. The number of hydrogen-bond acceptors (Lipinski definition) is 5. The molecule has 1 fully saturated rings. The third-order valence-corrected chi connectivity index (χ3v) is 3.57. The number of carboxylic acids is 1. The third-order valence-electron chi connectivity index (χ3n) is 3.57. The van der Waals surface area contributed by atoms with Gasteiger partial charge >= 0.3 is 11.7 Å². The van der Waals surface area contributed by atoms with Crippen LogP contribution >= 0.6 is 0 Å². The van der Waals surface area contributed by atoms with E-state index in [2.05, 4.69) is 5.32 Å². The SMILES string of the molecule is CCCOc1cccc(NCC2(C(=O)O)CC2)c1[N+](=O)[O-]. The van der Waals surface area contributed by atoms with E-state index in [0.717, 1.165) is 6.42 Å². The van der Waals surface area contributed by atoms with E-state index >= 15 is 0 Å². The van der Waals surface area contributed by atoms with E-state index in [1.165, 1.54) is 0 Å². The first-order valence-corrected chi connectivity index (χ1v) is 6.87. The Balaban J connectivity index is 2.18. The van der Waals surface area contributed by atoms with Crippen molar-refractivity contribution >= 4 is 17.3 Å². The summed E-state index contributed by atoms with van der Waals surface area (Å²) in [5.41, 5.74) is -0.637. The van der Waals surface area contributed by atoms with Crippen LogP contribution in [0.25, 0.3) is 0 Å². The monoisotopic (exact) mass is 294 g/mol. The number of hydrogen-bond donors (Lipinski definition) is 2. The molecule has 0 radical (unpaired) electrons. The zero-order valence-corrected chi connectivity index (χ0v) is 11.8. The molecule has 1 aliphatic carbocycles. The van der Waals surface area contributed by atoms with E-state index in [1.807, 2.05) is 6.92 Å². The fraction of sp³-hybridized carbons (Fsp3) is 0.500. The Labute approximate surface area is 122 Å². The summed E-state index contributed by atoms with van der Waals surface area (Å²) in [5, 5.41) is 23.3. The molecule has 1 saturated carbocycles. The van der Waals surface area contributed by atoms with E-state index in [0.29, 0.717) is 25.1 Å². The fourth-order valence-electron chi connectivity index (χ4n) is 2.06. The molecule has 0 atom stereocenters. The van der Waals surface area contributed by atoms with Crippen LogP contribution in [0.3, 0.4) is 0 Å². The number of aliphatic carboxylic acids is 1. The molecule has 2 rings (SSSR count). The predicted octanol–water partition coefficient (Wildman–Crippen LogP) is 2.66. The number of nitrogens with zero attached hydrogens (tertiary/aromatic N) is 1. The summed E-state index contributed by atoms with van der Waals surface area (Å²) in [4.78, 5) is 21.9. The van der Waals surface area contributed by atoms with Gasteiger partial charge in [0.05, 0.1) is 16.9 Å². The lowest BCUT2D eigenvalue weighted by molar-refractivity contribution is -0.385. The van der Waals surface area contributed by atoms with Gasteiger partial charge in [0, 0.05) is 6.54 Å². The molecule has 7 nitrogen and oxygen atoms in total. The minimum absolute atomic E-state index is 0.146. The van der Waals surface area contributed by atoms with Crippen molar-refractivity contribution in [3.63, 3.8) is 0 Å². The molecule has 1 aromatic carbocycles. The molecule has 7 heteroatoms. The van der Waals surface area contributed by atoms with Crippen LogP contribution in [0.15, 0.2) is 18.2 Å². The van der Waals surface area contributed by atoms with Gasteiger partial charge in [-0.1, -0.05) is 13.0 Å². The minimum atomic E-state index is -0.865.